The Morgan fingerprint density at radius 3 is 2.28 bits per heavy atom. The van der Waals surface area contributed by atoms with Gasteiger partial charge in [-0.15, -0.1) is 0 Å². The van der Waals surface area contributed by atoms with Gasteiger partial charge in [0, 0.05) is 61.9 Å². The maximum absolute atomic E-state index is 5.89. The second-order valence-electron chi connectivity index (χ2n) is 12.9. The number of anilines is 2. The molecule has 39 heavy (non-hydrogen) atoms. The van der Waals surface area contributed by atoms with Gasteiger partial charge in [-0.1, -0.05) is 57.5 Å². The van der Waals surface area contributed by atoms with Gasteiger partial charge in [0.2, 0.25) is 0 Å². The smallest absolute Gasteiger partial charge is 0.162 e. The zero-order valence-electron chi connectivity index (χ0n) is 25.5. The summed E-state index contributed by atoms with van der Waals surface area (Å²) in [6, 6.07) is 11.5. The van der Waals surface area contributed by atoms with Crippen molar-refractivity contribution in [2.75, 3.05) is 36.5 Å². The van der Waals surface area contributed by atoms with E-state index in [4.69, 9.17) is 14.7 Å². The van der Waals surface area contributed by atoms with E-state index in [1.165, 1.54) is 50.3 Å². The molecule has 1 unspecified atom stereocenters. The first-order chi connectivity index (χ1) is 18.5. The van der Waals surface area contributed by atoms with Gasteiger partial charge in [0.15, 0.2) is 5.82 Å². The average Bonchev–Trinajstić information content (AvgIpc) is 2.87. The third kappa shape index (κ3) is 5.30. The third-order valence-corrected chi connectivity index (χ3v) is 8.89. The molecule has 0 spiro atoms. The molecule has 5 rings (SSSR count). The zero-order valence-corrected chi connectivity index (χ0v) is 25.5. The van der Waals surface area contributed by atoms with Crippen LogP contribution in [-0.2, 0) is 17.7 Å². The van der Waals surface area contributed by atoms with E-state index in [2.05, 4.69) is 95.5 Å². The van der Waals surface area contributed by atoms with Crippen LogP contribution in [-0.4, -0.2) is 42.8 Å². The van der Waals surface area contributed by atoms with Crippen molar-refractivity contribution in [3.63, 3.8) is 0 Å². The Hall–Kier alpha value is -2.92. The van der Waals surface area contributed by atoms with E-state index >= 15 is 0 Å². The second-order valence-corrected chi connectivity index (χ2v) is 12.9. The number of hydrogen-bond acceptors (Lipinski definition) is 5. The largest absolute Gasteiger partial charge is 0.381 e. The summed E-state index contributed by atoms with van der Waals surface area (Å²) in [6.45, 7) is 21.6. The summed E-state index contributed by atoms with van der Waals surface area (Å²) in [7, 11) is 1.85. The fraction of sp³-hybridized carbons (Fsp3) is 0.529. The zero-order chi connectivity index (χ0) is 28.1. The van der Waals surface area contributed by atoms with E-state index in [1.54, 1.807) is 0 Å². The fourth-order valence-electron chi connectivity index (χ4n) is 6.79. The van der Waals surface area contributed by atoms with Crippen LogP contribution >= 0.6 is 0 Å². The van der Waals surface area contributed by atoms with Crippen LogP contribution in [0.1, 0.15) is 79.1 Å². The standard InChI is InChI=1S/C34H46N4O/c1-21(2)26-11-10-23(4)29(18-26)37-14-12-28-27(19-37)33(38-15-13-30(39-9)34(7,8)20-38)36-32(35-28)31-24(5)16-22(3)17-25(31)6/h10-11,16-18,21,30H,12-15,19-20H2,1-9H3. The first-order valence-corrected chi connectivity index (χ1v) is 14.6. The molecule has 5 nitrogen and oxygen atoms in total. The van der Waals surface area contributed by atoms with Crippen molar-refractivity contribution in [3.8, 4) is 11.4 Å². The van der Waals surface area contributed by atoms with Gasteiger partial charge < -0.3 is 14.5 Å². The molecule has 0 saturated carbocycles. The molecule has 1 saturated heterocycles. The summed E-state index contributed by atoms with van der Waals surface area (Å²) in [4.78, 5) is 15.7. The molecule has 0 radical (unpaired) electrons. The number of rotatable bonds is 5. The molecule has 0 N–H and O–H groups in total. The molecule has 2 aliphatic heterocycles. The number of benzene rings is 2. The van der Waals surface area contributed by atoms with Crippen LogP contribution < -0.4 is 9.80 Å². The molecule has 1 atom stereocenters. The van der Waals surface area contributed by atoms with Crippen molar-refractivity contribution in [3.05, 3.63) is 69.4 Å². The minimum absolute atomic E-state index is 0.0389. The molecule has 0 aliphatic carbocycles. The van der Waals surface area contributed by atoms with Gasteiger partial charge in [-0.2, -0.15) is 0 Å². The number of hydrogen-bond donors (Lipinski definition) is 0. The first kappa shape index (κ1) is 27.6. The molecule has 5 heteroatoms. The molecule has 3 heterocycles. The summed E-state index contributed by atoms with van der Waals surface area (Å²) in [5.41, 5.74) is 11.5. The van der Waals surface area contributed by atoms with Crippen molar-refractivity contribution >= 4 is 11.5 Å². The van der Waals surface area contributed by atoms with Gasteiger partial charge >= 0.3 is 0 Å². The maximum Gasteiger partial charge on any atom is 0.162 e. The van der Waals surface area contributed by atoms with Gasteiger partial charge in [0.25, 0.3) is 0 Å². The van der Waals surface area contributed by atoms with Crippen molar-refractivity contribution in [1.82, 2.24) is 9.97 Å². The lowest BCUT2D eigenvalue weighted by Gasteiger charge is -2.45. The molecule has 2 aliphatic rings. The maximum atomic E-state index is 5.89. The Morgan fingerprint density at radius 1 is 0.923 bits per heavy atom. The molecular formula is C34H46N4O. The number of ether oxygens (including phenoxy) is 1. The van der Waals surface area contributed by atoms with Gasteiger partial charge in [-0.05, 0) is 68.4 Å². The predicted molar refractivity (Wildman–Crippen MR) is 163 cm³/mol. The number of fused-ring (bicyclic) bond motifs is 1. The van der Waals surface area contributed by atoms with E-state index < -0.39 is 0 Å². The Kier molecular flexibility index (Phi) is 7.49. The summed E-state index contributed by atoms with van der Waals surface area (Å²) >= 11 is 0. The highest BCUT2D eigenvalue weighted by Crippen LogP contribution is 2.39. The van der Waals surface area contributed by atoms with Crippen molar-refractivity contribution in [2.45, 2.75) is 86.8 Å². The molecule has 2 aromatic carbocycles. The third-order valence-electron chi connectivity index (χ3n) is 8.89. The van der Waals surface area contributed by atoms with E-state index in [0.717, 1.165) is 50.7 Å². The highest BCUT2D eigenvalue weighted by atomic mass is 16.5. The monoisotopic (exact) mass is 526 g/mol. The Labute approximate surface area is 235 Å². The normalized spacial score (nSPS) is 19.0. The minimum Gasteiger partial charge on any atom is -0.381 e. The van der Waals surface area contributed by atoms with Gasteiger partial charge in [0.05, 0.1) is 11.8 Å². The number of piperidine rings is 1. The summed E-state index contributed by atoms with van der Waals surface area (Å²) in [6.07, 6.45) is 2.18. The lowest BCUT2D eigenvalue weighted by Crippen LogP contribution is -2.50. The average molecular weight is 527 g/mol. The molecule has 0 amide bonds. The van der Waals surface area contributed by atoms with Crippen LogP contribution in [0.25, 0.3) is 11.4 Å². The van der Waals surface area contributed by atoms with Crippen LogP contribution in [0.4, 0.5) is 11.5 Å². The van der Waals surface area contributed by atoms with Crippen LogP contribution in [0.15, 0.2) is 30.3 Å². The predicted octanol–water partition coefficient (Wildman–Crippen LogP) is 7.31. The van der Waals surface area contributed by atoms with Gasteiger partial charge in [-0.25, -0.2) is 9.97 Å². The van der Waals surface area contributed by atoms with E-state index in [9.17, 15) is 0 Å². The Bertz CT molecular complexity index is 1350. The topological polar surface area (TPSA) is 41.5 Å². The lowest BCUT2D eigenvalue weighted by molar-refractivity contribution is -0.00647. The second kappa shape index (κ2) is 10.6. The first-order valence-electron chi connectivity index (χ1n) is 14.6. The van der Waals surface area contributed by atoms with E-state index in [0.29, 0.717) is 5.92 Å². The SMILES string of the molecule is COC1CCN(c2nc(-c3c(C)cc(C)cc3C)nc3c2CN(c2cc(C(C)C)ccc2C)CC3)CC1(C)C. The Balaban J connectivity index is 1.62. The molecule has 3 aromatic rings. The van der Waals surface area contributed by atoms with Crippen LogP contribution in [0, 0.1) is 33.1 Å². The lowest BCUT2D eigenvalue weighted by atomic mass is 9.81. The van der Waals surface area contributed by atoms with Crippen molar-refractivity contribution in [2.24, 2.45) is 5.41 Å². The van der Waals surface area contributed by atoms with Gasteiger partial charge in [-0.3, -0.25) is 0 Å². The number of nitrogens with zero attached hydrogens (tertiary/aromatic N) is 4. The summed E-state index contributed by atoms with van der Waals surface area (Å²) in [5, 5.41) is 0. The highest BCUT2D eigenvalue weighted by molar-refractivity contribution is 5.69. The molecule has 1 aromatic heterocycles. The van der Waals surface area contributed by atoms with Crippen molar-refractivity contribution in [1.29, 1.82) is 0 Å². The van der Waals surface area contributed by atoms with Gasteiger partial charge in [0.1, 0.15) is 5.82 Å². The number of aromatic nitrogens is 2. The van der Waals surface area contributed by atoms with E-state index in [1.807, 2.05) is 7.11 Å². The number of methoxy groups -OCH3 is 1. The quantitative estimate of drug-likeness (QED) is 0.349. The summed E-state index contributed by atoms with van der Waals surface area (Å²) in [5.74, 6) is 2.49. The molecule has 0 bridgehead atoms. The van der Waals surface area contributed by atoms with Crippen LogP contribution in [0.3, 0.4) is 0 Å². The van der Waals surface area contributed by atoms with Crippen LogP contribution in [0.2, 0.25) is 0 Å². The van der Waals surface area contributed by atoms with Crippen LogP contribution in [0.5, 0.6) is 0 Å². The minimum atomic E-state index is 0.0389. The van der Waals surface area contributed by atoms with E-state index in [-0.39, 0.29) is 11.5 Å². The molecule has 208 valence electrons. The fourth-order valence-corrected chi connectivity index (χ4v) is 6.79. The van der Waals surface area contributed by atoms with Crippen molar-refractivity contribution < 1.29 is 4.74 Å². The number of aryl methyl sites for hydroxylation is 4. The molecule has 1 fully saturated rings. The Morgan fingerprint density at radius 2 is 1.64 bits per heavy atom. The molecular weight excluding hydrogens is 480 g/mol. The summed E-state index contributed by atoms with van der Waals surface area (Å²) < 4.78 is 5.89. The highest BCUT2D eigenvalue weighted by Gasteiger charge is 2.38.